The Morgan fingerprint density at radius 3 is 2.07 bits per heavy atom. The molecule has 0 saturated carbocycles. The molecule has 1 unspecified atom stereocenters. The molecule has 0 saturated heterocycles. The predicted molar refractivity (Wildman–Crippen MR) is 57.0 cm³/mol. The highest BCUT2D eigenvalue weighted by molar-refractivity contribution is 9.09. The molecule has 0 aliphatic heterocycles. The average Bonchev–Trinajstić information content (AvgIpc) is 1.99. The van der Waals surface area contributed by atoms with Gasteiger partial charge in [0.1, 0.15) is 0 Å². The van der Waals surface area contributed by atoms with Crippen LogP contribution in [0.1, 0.15) is 6.92 Å². The highest BCUT2D eigenvalue weighted by Crippen LogP contribution is 2.54. The lowest BCUT2D eigenvalue weighted by Gasteiger charge is -2.30. The Morgan fingerprint density at radius 1 is 1.29 bits per heavy atom. The third-order valence-electron chi connectivity index (χ3n) is 1.36. The molecule has 0 N–H and O–H groups in total. The molecule has 4 nitrogen and oxygen atoms in total. The molecule has 0 bridgehead atoms. The Morgan fingerprint density at radius 2 is 1.79 bits per heavy atom. The van der Waals surface area contributed by atoms with Gasteiger partial charge in [0.15, 0.2) is 0 Å². The maximum Gasteiger partial charge on any atom is 0.531 e. The van der Waals surface area contributed by atoms with Crippen molar-refractivity contribution in [1.82, 2.24) is 0 Å². The van der Waals surface area contributed by atoms with Crippen LogP contribution in [0.25, 0.3) is 0 Å². The van der Waals surface area contributed by atoms with E-state index in [9.17, 15) is 4.57 Å². The maximum atomic E-state index is 12.1. The van der Waals surface area contributed by atoms with Crippen LogP contribution in [-0.4, -0.2) is 43.9 Å². The van der Waals surface area contributed by atoms with Crippen molar-refractivity contribution in [2.24, 2.45) is 0 Å². The molecule has 0 aromatic rings. The van der Waals surface area contributed by atoms with Crippen LogP contribution in [-0.2, 0) is 13.6 Å². The van der Waals surface area contributed by atoms with Crippen molar-refractivity contribution in [2.45, 2.75) is 6.92 Å². The summed E-state index contributed by atoms with van der Waals surface area (Å²) >= 11 is 3.21. The lowest BCUT2D eigenvalue weighted by atomic mass is 10.9. The van der Waals surface area contributed by atoms with Crippen LogP contribution in [0.3, 0.4) is 0 Å². The van der Waals surface area contributed by atoms with Crippen LogP contribution in [0.2, 0.25) is 0 Å². The van der Waals surface area contributed by atoms with Crippen LogP contribution in [0, 0.1) is 0 Å². The van der Waals surface area contributed by atoms with Crippen LogP contribution in [0.4, 0.5) is 0 Å². The van der Waals surface area contributed by atoms with Gasteiger partial charge in [0.2, 0.25) is 0 Å². The van der Waals surface area contributed by atoms with E-state index in [1.54, 1.807) is 28.1 Å². The van der Waals surface area contributed by atoms with E-state index in [-0.39, 0.29) is 16.7 Å². The minimum Gasteiger partial charge on any atom is -1.00 e. The van der Waals surface area contributed by atoms with Gasteiger partial charge in [0.05, 0.1) is 34.4 Å². The first-order chi connectivity index (χ1) is 5.87. The highest BCUT2D eigenvalue weighted by atomic mass is 79.9. The van der Waals surface area contributed by atoms with Gasteiger partial charge in [-0.2, -0.15) is 0 Å². The molecule has 0 aromatic carbocycles. The normalized spacial score (nSPS) is 15.8. The van der Waals surface area contributed by atoms with Gasteiger partial charge in [-0.05, 0) is 6.92 Å². The molecule has 0 aromatic heterocycles. The highest BCUT2D eigenvalue weighted by Gasteiger charge is 2.41. The fourth-order valence-corrected chi connectivity index (χ4v) is 2.52. The van der Waals surface area contributed by atoms with Gasteiger partial charge in [-0.3, -0.25) is 9.05 Å². The van der Waals surface area contributed by atoms with E-state index < -0.39 is 7.75 Å². The van der Waals surface area contributed by atoms with E-state index in [2.05, 4.69) is 15.9 Å². The first-order valence-electron chi connectivity index (χ1n) is 4.14. The summed E-state index contributed by atoms with van der Waals surface area (Å²) in [6.07, 6.45) is 0. The molecule has 0 fully saturated rings. The summed E-state index contributed by atoms with van der Waals surface area (Å²) in [6.45, 7) is 2.60. The Bertz CT molecular complexity index is 198. The SMILES string of the molecule is CCOP(=O)(OCCBr)[N+](C)(C)C.[Cl-]. The van der Waals surface area contributed by atoms with Crippen molar-refractivity contribution in [3.63, 3.8) is 0 Å². The summed E-state index contributed by atoms with van der Waals surface area (Å²) < 4.78 is 22.7. The minimum atomic E-state index is -3.01. The lowest BCUT2D eigenvalue weighted by Crippen LogP contribution is -3.00. The van der Waals surface area contributed by atoms with E-state index in [0.717, 1.165) is 0 Å². The number of halogens is 2. The van der Waals surface area contributed by atoms with Crippen molar-refractivity contribution in [1.29, 1.82) is 0 Å². The standard InChI is InChI=1S/C7H18BrNO3P.ClH/c1-5-11-13(10,9(2,3)4)12-7-6-8;/h5-7H2,1-4H3;1H/q+1;/p-1. The van der Waals surface area contributed by atoms with Gasteiger partial charge in [-0.25, -0.2) is 8.82 Å². The van der Waals surface area contributed by atoms with Crippen LogP contribution in [0.5, 0.6) is 0 Å². The predicted octanol–water partition coefficient (Wildman–Crippen LogP) is -0.747. The van der Waals surface area contributed by atoms with Gasteiger partial charge in [0, 0.05) is 5.33 Å². The molecule has 1 atom stereocenters. The number of hydrogen-bond acceptors (Lipinski definition) is 3. The summed E-state index contributed by atoms with van der Waals surface area (Å²) in [6, 6.07) is 0. The zero-order chi connectivity index (χ0) is 10.5. The molecule has 0 spiro atoms. The average molecular weight is 311 g/mol. The van der Waals surface area contributed by atoms with Crippen LogP contribution >= 0.6 is 23.7 Å². The second-order valence-electron chi connectivity index (χ2n) is 3.35. The monoisotopic (exact) mass is 309 g/mol. The van der Waals surface area contributed by atoms with Gasteiger partial charge in [0.25, 0.3) is 0 Å². The number of hydrogen-bond donors (Lipinski definition) is 0. The Balaban J connectivity index is 0. The van der Waals surface area contributed by atoms with E-state index in [4.69, 9.17) is 9.05 Å². The first kappa shape index (κ1) is 17.3. The third-order valence-corrected chi connectivity index (χ3v) is 4.25. The Kier molecular flexibility index (Phi) is 8.89. The van der Waals surface area contributed by atoms with E-state index in [0.29, 0.717) is 18.5 Å². The molecule has 0 radical (unpaired) electrons. The first-order valence-corrected chi connectivity index (χ1v) is 6.76. The number of nitrogens with zero attached hydrogens (tertiary/aromatic N) is 1. The van der Waals surface area contributed by atoms with E-state index in [1.165, 1.54) is 0 Å². The number of quaternary nitrogens is 1. The van der Waals surface area contributed by atoms with E-state index >= 15 is 0 Å². The molecular weight excluding hydrogens is 292 g/mol. The summed E-state index contributed by atoms with van der Waals surface area (Å²) in [5, 5.41) is 0.657. The summed E-state index contributed by atoms with van der Waals surface area (Å²) in [4.78, 5) is 0. The minimum absolute atomic E-state index is 0. The Labute approximate surface area is 101 Å². The van der Waals surface area contributed by atoms with Gasteiger partial charge >= 0.3 is 7.75 Å². The summed E-state index contributed by atoms with van der Waals surface area (Å²) in [5.74, 6) is 0. The number of rotatable bonds is 6. The third kappa shape index (κ3) is 5.10. The molecular formula is C7H18BrClNO3P. The fraction of sp³-hybridized carbons (Fsp3) is 1.00. The molecule has 0 rings (SSSR count). The molecule has 7 heteroatoms. The topological polar surface area (TPSA) is 35.5 Å². The van der Waals surface area contributed by atoms with Gasteiger partial charge < -0.3 is 12.4 Å². The molecule has 0 amide bonds. The van der Waals surface area contributed by atoms with Gasteiger partial charge in [-0.15, -0.1) is 0 Å². The van der Waals surface area contributed by atoms with E-state index in [1.807, 2.05) is 0 Å². The quantitative estimate of drug-likeness (QED) is 0.478. The largest absolute Gasteiger partial charge is 1.00 e. The molecule has 14 heavy (non-hydrogen) atoms. The smallest absolute Gasteiger partial charge is 0.531 e. The second-order valence-corrected chi connectivity index (χ2v) is 6.80. The zero-order valence-electron chi connectivity index (χ0n) is 9.00. The lowest BCUT2D eigenvalue weighted by molar-refractivity contribution is -0.759. The zero-order valence-corrected chi connectivity index (χ0v) is 12.2. The second kappa shape index (κ2) is 7.20. The Hall–Kier alpha value is 0.880. The van der Waals surface area contributed by atoms with Crippen molar-refractivity contribution >= 4 is 23.7 Å². The van der Waals surface area contributed by atoms with Crippen molar-refractivity contribution in [3.05, 3.63) is 0 Å². The number of alkyl halides is 1. The molecule has 0 aliphatic rings. The maximum absolute atomic E-state index is 12.1. The van der Waals surface area contributed by atoms with Crippen LogP contribution < -0.4 is 12.4 Å². The van der Waals surface area contributed by atoms with Crippen molar-refractivity contribution < 1.29 is 30.3 Å². The summed E-state index contributed by atoms with van der Waals surface area (Å²) in [5.41, 5.74) is 0. The van der Waals surface area contributed by atoms with Crippen LogP contribution in [0.15, 0.2) is 0 Å². The van der Waals surface area contributed by atoms with Crippen molar-refractivity contribution in [3.8, 4) is 0 Å². The molecule has 88 valence electrons. The fourth-order valence-electron chi connectivity index (χ4n) is 0.697. The van der Waals surface area contributed by atoms with Gasteiger partial charge in [-0.1, -0.05) is 15.9 Å². The molecule has 0 aliphatic carbocycles. The molecule has 0 heterocycles. The summed E-state index contributed by atoms with van der Waals surface area (Å²) in [7, 11) is 2.38. The van der Waals surface area contributed by atoms with Crippen molar-refractivity contribution in [2.75, 3.05) is 39.7 Å².